The molecule has 0 aromatic heterocycles. The summed E-state index contributed by atoms with van der Waals surface area (Å²) in [5, 5.41) is 0. The number of hydrogen-bond donors (Lipinski definition) is 0. The van der Waals surface area contributed by atoms with Crippen molar-refractivity contribution in [3.8, 4) is 5.75 Å². The van der Waals surface area contributed by atoms with Gasteiger partial charge in [0.2, 0.25) is 0 Å². The second-order valence-corrected chi connectivity index (χ2v) is 6.04. The van der Waals surface area contributed by atoms with Crippen LogP contribution in [0.4, 0.5) is 0 Å². The average Bonchev–Trinajstić information content (AvgIpc) is 3.30. The Morgan fingerprint density at radius 2 is 2.05 bits per heavy atom. The summed E-state index contributed by atoms with van der Waals surface area (Å²) >= 11 is 0. The largest absolute Gasteiger partial charge is 0.490 e. The molecule has 0 atom stereocenters. The predicted octanol–water partition coefficient (Wildman–Crippen LogP) is 3.90. The summed E-state index contributed by atoms with van der Waals surface area (Å²) < 4.78 is 5.45. The average molecular weight is 287 g/mol. The van der Waals surface area contributed by atoms with Gasteiger partial charge in [-0.1, -0.05) is 26.5 Å². The Hall–Kier alpha value is -1.77. The summed E-state index contributed by atoms with van der Waals surface area (Å²) in [5.74, 6) is 1.54. The summed E-state index contributed by atoms with van der Waals surface area (Å²) in [4.78, 5) is 14.7. The maximum atomic E-state index is 12.6. The van der Waals surface area contributed by atoms with E-state index < -0.39 is 0 Å². The maximum absolute atomic E-state index is 12.6. The first-order valence-electron chi connectivity index (χ1n) is 7.76. The zero-order valence-electron chi connectivity index (χ0n) is 13.0. The van der Waals surface area contributed by atoms with Gasteiger partial charge in [-0.05, 0) is 49.4 Å². The molecular weight excluding hydrogens is 262 g/mol. The standard InChI is InChI=1S/C18H25NO2/c1-4-13-21-17-9-5-15(6-10-17)18(20)19(16-7-8-16)12-11-14(2)3/h4-6,9-10,14,16H,1,7-8,11-13H2,2-3H3. The molecule has 3 nitrogen and oxygen atoms in total. The van der Waals surface area contributed by atoms with Gasteiger partial charge in [0.1, 0.15) is 12.4 Å². The first-order valence-corrected chi connectivity index (χ1v) is 7.76. The fourth-order valence-electron chi connectivity index (χ4n) is 2.25. The molecule has 2 rings (SSSR count). The molecule has 0 aliphatic heterocycles. The number of carbonyl (C=O) groups excluding carboxylic acids is 1. The topological polar surface area (TPSA) is 29.5 Å². The van der Waals surface area contributed by atoms with E-state index in [2.05, 4.69) is 20.4 Å². The molecule has 1 fully saturated rings. The third-order valence-electron chi connectivity index (χ3n) is 3.66. The highest BCUT2D eigenvalue weighted by atomic mass is 16.5. The maximum Gasteiger partial charge on any atom is 0.254 e. The molecule has 1 saturated carbocycles. The van der Waals surface area contributed by atoms with Crippen molar-refractivity contribution in [3.05, 3.63) is 42.5 Å². The molecule has 1 aliphatic carbocycles. The molecule has 0 N–H and O–H groups in total. The fraction of sp³-hybridized carbons (Fsp3) is 0.500. The van der Waals surface area contributed by atoms with E-state index in [0.29, 0.717) is 18.6 Å². The Morgan fingerprint density at radius 3 is 2.57 bits per heavy atom. The van der Waals surface area contributed by atoms with Gasteiger partial charge in [-0.25, -0.2) is 0 Å². The molecule has 0 heterocycles. The first-order chi connectivity index (χ1) is 10.1. The van der Waals surface area contributed by atoms with Crippen LogP contribution in [0.15, 0.2) is 36.9 Å². The van der Waals surface area contributed by atoms with Crippen LogP contribution in [-0.4, -0.2) is 30.0 Å². The third-order valence-corrected chi connectivity index (χ3v) is 3.66. The van der Waals surface area contributed by atoms with E-state index >= 15 is 0 Å². The molecule has 0 radical (unpaired) electrons. The Balaban J connectivity index is 2.00. The van der Waals surface area contributed by atoms with Gasteiger partial charge in [0.15, 0.2) is 0 Å². The van der Waals surface area contributed by atoms with Crippen molar-refractivity contribution in [3.63, 3.8) is 0 Å². The van der Waals surface area contributed by atoms with Gasteiger partial charge in [0.25, 0.3) is 5.91 Å². The lowest BCUT2D eigenvalue weighted by molar-refractivity contribution is 0.0735. The van der Waals surface area contributed by atoms with Crippen LogP contribution < -0.4 is 4.74 Å². The first kappa shape index (κ1) is 15.6. The van der Waals surface area contributed by atoms with Crippen molar-refractivity contribution in [2.75, 3.05) is 13.2 Å². The SMILES string of the molecule is C=CCOc1ccc(C(=O)N(CCC(C)C)C2CC2)cc1. The number of amides is 1. The monoisotopic (exact) mass is 287 g/mol. The highest BCUT2D eigenvalue weighted by Gasteiger charge is 2.32. The van der Waals surface area contributed by atoms with Crippen LogP contribution in [0.3, 0.4) is 0 Å². The third kappa shape index (κ3) is 4.62. The zero-order valence-corrected chi connectivity index (χ0v) is 13.0. The van der Waals surface area contributed by atoms with Gasteiger partial charge in [0, 0.05) is 18.2 Å². The molecule has 0 unspecified atom stereocenters. The highest BCUT2D eigenvalue weighted by molar-refractivity contribution is 5.94. The minimum Gasteiger partial charge on any atom is -0.490 e. The van der Waals surface area contributed by atoms with Crippen molar-refractivity contribution in [2.45, 2.75) is 39.2 Å². The number of carbonyl (C=O) groups is 1. The molecular formula is C18H25NO2. The van der Waals surface area contributed by atoms with E-state index in [1.807, 2.05) is 29.2 Å². The molecule has 0 bridgehead atoms. The van der Waals surface area contributed by atoms with E-state index in [1.165, 1.54) is 0 Å². The van der Waals surface area contributed by atoms with Gasteiger partial charge < -0.3 is 9.64 Å². The zero-order chi connectivity index (χ0) is 15.2. The van der Waals surface area contributed by atoms with Crippen LogP contribution in [0.25, 0.3) is 0 Å². The molecule has 114 valence electrons. The van der Waals surface area contributed by atoms with Gasteiger partial charge in [-0.15, -0.1) is 0 Å². The molecule has 1 aromatic carbocycles. The Bertz CT molecular complexity index is 474. The minimum atomic E-state index is 0.147. The summed E-state index contributed by atoms with van der Waals surface area (Å²) in [6, 6.07) is 7.86. The van der Waals surface area contributed by atoms with E-state index in [1.54, 1.807) is 6.08 Å². The molecule has 1 aliphatic rings. The second-order valence-electron chi connectivity index (χ2n) is 6.04. The van der Waals surface area contributed by atoms with Crippen LogP contribution in [0.5, 0.6) is 5.75 Å². The fourth-order valence-corrected chi connectivity index (χ4v) is 2.25. The van der Waals surface area contributed by atoms with Crippen LogP contribution in [-0.2, 0) is 0 Å². The number of nitrogens with zero attached hydrogens (tertiary/aromatic N) is 1. The van der Waals surface area contributed by atoms with E-state index in [-0.39, 0.29) is 5.91 Å². The molecule has 0 saturated heterocycles. The molecule has 1 amide bonds. The summed E-state index contributed by atoms with van der Waals surface area (Å²) in [6.07, 6.45) is 5.05. The van der Waals surface area contributed by atoms with Gasteiger partial charge >= 0.3 is 0 Å². The van der Waals surface area contributed by atoms with Gasteiger partial charge in [-0.3, -0.25) is 4.79 Å². The Kier molecular flexibility index (Phi) is 5.43. The predicted molar refractivity (Wildman–Crippen MR) is 85.6 cm³/mol. The molecule has 21 heavy (non-hydrogen) atoms. The molecule has 1 aromatic rings. The van der Waals surface area contributed by atoms with E-state index in [0.717, 1.165) is 37.1 Å². The van der Waals surface area contributed by atoms with E-state index in [4.69, 9.17) is 4.74 Å². The second kappa shape index (κ2) is 7.30. The lowest BCUT2D eigenvalue weighted by atomic mass is 10.1. The Morgan fingerprint density at radius 1 is 1.38 bits per heavy atom. The van der Waals surface area contributed by atoms with Crippen molar-refractivity contribution in [2.24, 2.45) is 5.92 Å². The van der Waals surface area contributed by atoms with Crippen molar-refractivity contribution in [1.82, 2.24) is 4.90 Å². The quantitative estimate of drug-likeness (QED) is 0.679. The van der Waals surface area contributed by atoms with Gasteiger partial charge in [-0.2, -0.15) is 0 Å². The summed E-state index contributed by atoms with van der Waals surface area (Å²) in [5.41, 5.74) is 0.747. The lowest BCUT2D eigenvalue weighted by Crippen LogP contribution is -2.34. The van der Waals surface area contributed by atoms with Crippen LogP contribution in [0.1, 0.15) is 43.5 Å². The van der Waals surface area contributed by atoms with E-state index in [9.17, 15) is 4.79 Å². The van der Waals surface area contributed by atoms with Crippen LogP contribution in [0, 0.1) is 5.92 Å². The van der Waals surface area contributed by atoms with Crippen LogP contribution >= 0.6 is 0 Å². The minimum absolute atomic E-state index is 0.147. The highest BCUT2D eigenvalue weighted by Crippen LogP contribution is 2.29. The summed E-state index contributed by atoms with van der Waals surface area (Å²) in [7, 11) is 0. The van der Waals surface area contributed by atoms with Gasteiger partial charge in [0.05, 0.1) is 0 Å². The Labute approximate surface area is 127 Å². The smallest absolute Gasteiger partial charge is 0.254 e. The summed E-state index contributed by atoms with van der Waals surface area (Å²) in [6.45, 7) is 9.35. The number of ether oxygens (including phenoxy) is 1. The number of rotatable bonds is 8. The number of benzene rings is 1. The van der Waals surface area contributed by atoms with Crippen LogP contribution in [0.2, 0.25) is 0 Å². The number of hydrogen-bond acceptors (Lipinski definition) is 2. The van der Waals surface area contributed by atoms with Crippen molar-refractivity contribution >= 4 is 5.91 Å². The molecule has 3 heteroatoms. The van der Waals surface area contributed by atoms with Crippen molar-refractivity contribution < 1.29 is 9.53 Å². The lowest BCUT2D eigenvalue weighted by Gasteiger charge is -2.23. The van der Waals surface area contributed by atoms with Crippen molar-refractivity contribution in [1.29, 1.82) is 0 Å². The normalized spacial score (nSPS) is 14.0. The molecule has 0 spiro atoms.